The van der Waals surface area contributed by atoms with Crippen molar-refractivity contribution >= 4 is 16.7 Å². The first kappa shape index (κ1) is 16.8. The maximum atomic E-state index is 12.7. The Balaban J connectivity index is 1.85. The van der Waals surface area contributed by atoms with E-state index in [2.05, 4.69) is 10.5 Å². The Morgan fingerprint density at radius 3 is 2.52 bits per heavy atom. The lowest BCUT2D eigenvalue weighted by atomic mass is 9.92. The second-order valence-electron chi connectivity index (χ2n) is 6.37. The van der Waals surface area contributed by atoms with Crippen molar-refractivity contribution in [3.05, 3.63) is 95.4 Å². The van der Waals surface area contributed by atoms with Gasteiger partial charge in [-0.15, -0.1) is 0 Å². The number of amides is 1. The summed E-state index contributed by atoms with van der Waals surface area (Å²) in [6.07, 6.45) is 0. The van der Waals surface area contributed by atoms with E-state index in [-0.39, 0.29) is 11.5 Å². The molecule has 5 nitrogen and oxygen atoms in total. The van der Waals surface area contributed by atoms with E-state index in [9.17, 15) is 9.90 Å². The molecule has 0 aliphatic rings. The van der Waals surface area contributed by atoms with Gasteiger partial charge in [-0.05, 0) is 29.3 Å². The fourth-order valence-corrected chi connectivity index (χ4v) is 3.23. The van der Waals surface area contributed by atoms with Crippen LogP contribution < -0.4 is 5.32 Å². The van der Waals surface area contributed by atoms with Crippen molar-refractivity contribution in [2.24, 2.45) is 0 Å². The van der Waals surface area contributed by atoms with Gasteiger partial charge in [0.05, 0.1) is 11.7 Å². The molecule has 5 heteroatoms. The summed E-state index contributed by atoms with van der Waals surface area (Å²) in [4.78, 5) is 12.7. The van der Waals surface area contributed by atoms with Crippen LogP contribution in [0.5, 0.6) is 5.75 Å². The predicted molar refractivity (Wildman–Crippen MR) is 103 cm³/mol. The molecule has 1 amide bonds. The molecule has 1 aromatic heterocycles. The summed E-state index contributed by atoms with van der Waals surface area (Å²) in [5, 5.41) is 19.3. The highest BCUT2D eigenvalue weighted by atomic mass is 16.5. The van der Waals surface area contributed by atoms with Crippen LogP contribution in [0.4, 0.5) is 0 Å². The molecule has 0 fully saturated rings. The van der Waals surface area contributed by atoms with E-state index in [0.29, 0.717) is 11.3 Å². The molecular formula is C22H18N2O3. The molecule has 27 heavy (non-hydrogen) atoms. The Morgan fingerprint density at radius 2 is 1.78 bits per heavy atom. The molecule has 2 N–H and O–H groups in total. The number of aromatic hydroxyl groups is 1. The second-order valence-corrected chi connectivity index (χ2v) is 6.37. The Kier molecular flexibility index (Phi) is 4.34. The average molecular weight is 358 g/mol. The van der Waals surface area contributed by atoms with Gasteiger partial charge in [0, 0.05) is 11.6 Å². The van der Waals surface area contributed by atoms with Gasteiger partial charge in [-0.25, -0.2) is 0 Å². The Morgan fingerprint density at radius 1 is 1.04 bits per heavy atom. The zero-order chi connectivity index (χ0) is 18.8. The van der Waals surface area contributed by atoms with Crippen molar-refractivity contribution in [3.8, 4) is 5.75 Å². The minimum Gasteiger partial charge on any atom is -0.508 e. The molecular weight excluding hydrogens is 340 g/mol. The number of phenolic OH excluding ortho intramolecular Hbond substituents is 1. The van der Waals surface area contributed by atoms with Crippen LogP contribution in [-0.4, -0.2) is 16.2 Å². The third kappa shape index (κ3) is 3.27. The van der Waals surface area contributed by atoms with E-state index in [0.717, 1.165) is 16.3 Å². The normalized spacial score (nSPS) is 12.0. The first-order valence-corrected chi connectivity index (χ1v) is 8.63. The summed E-state index contributed by atoms with van der Waals surface area (Å²) in [6, 6.07) is 21.8. The molecule has 4 rings (SSSR count). The van der Waals surface area contributed by atoms with Crippen molar-refractivity contribution in [1.29, 1.82) is 0 Å². The number of phenols is 1. The van der Waals surface area contributed by atoms with Crippen LogP contribution in [0.3, 0.4) is 0 Å². The van der Waals surface area contributed by atoms with Crippen molar-refractivity contribution < 1.29 is 14.4 Å². The molecule has 0 radical (unpaired) electrons. The molecule has 134 valence electrons. The number of fused-ring (bicyclic) bond motifs is 1. The van der Waals surface area contributed by atoms with Crippen LogP contribution in [0, 0.1) is 6.92 Å². The molecule has 0 unspecified atom stereocenters. The maximum absolute atomic E-state index is 12.7. The Bertz CT molecular complexity index is 1100. The summed E-state index contributed by atoms with van der Waals surface area (Å²) in [5.41, 5.74) is 2.13. The molecule has 1 atom stereocenters. The highest BCUT2D eigenvalue weighted by Crippen LogP contribution is 2.36. The van der Waals surface area contributed by atoms with Crippen molar-refractivity contribution in [2.45, 2.75) is 13.0 Å². The average Bonchev–Trinajstić information content (AvgIpc) is 3.14. The van der Waals surface area contributed by atoms with Crippen LogP contribution in [-0.2, 0) is 0 Å². The molecule has 0 bridgehead atoms. The van der Waals surface area contributed by atoms with E-state index < -0.39 is 11.9 Å². The first-order chi connectivity index (χ1) is 13.1. The molecule has 1 heterocycles. The first-order valence-electron chi connectivity index (χ1n) is 8.63. The molecule has 0 aliphatic heterocycles. The van der Waals surface area contributed by atoms with Crippen LogP contribution in [0.25, 0.3) is 10.8 Å². The lowest BCUT2D eigenvalue weighted by Crippen LogP contribution is -2.29. The quantitative estimate of drug-likeness (QED) is 0.568. The van der Waals surface area contributed by atoms with Gasteiger partial charge in [0.25, 0.3) is 5.91 Å². The van der Waals surface area contributed by atoms with Gasteiger partial charge in [0.1, 0.15) is 5.75 Å². The third-order valence-electron chi connectivity index (χ3n) is 4.50. The van der Waals surface area contributed by atoms with Gasteiger partial charge in [-0.1, -0.05) is 65.8 Å². The zero-order valence-corrected chi connectivity index (χ0v) is 14.7. The summed E-state index contributed by atoms with van der Waals surface area (Å²) in [7, 11) is 0. The number of nitrogens with zero attached hydrogens (tertiary/aromatic N) is 1. The number of carbonyl (C=O) groups is 1. The smallest absolute Gasteiger partial charge is 0.290 e. The fraction of sp³-hybridized carbons (Fsp3) is 0.0909. The van der Waals surface area contributed by atoms with Crippen molar-refractivity contribution in [3.63, 3.8) is 0 Å². The molecule has 0 aliphatic carbocycles. The van der Waals surface area contributed by atoms with Crippen molar-refractivity contribution in [1.82, 2.24) is 10.5 Å². The number of carbonyl (C=O) groups excluding carboxylic acids is 1. The summed E-state index contributed by atoms with van der Waals surface area (Å²) < 4.78 is 5.09. The number of aryl methyl sites for hydroxylation is 1. The number of rotatable bonds is 4. The molecule has 0 saturated carbocycles. The SMILES string of the molecule is Cc1cc(C(=O)N[C@@H](c2ccccc2)c2c(O)ccc3ccccc23)on1. The third-order valence-corrected chi connectivity index (χ3v) is 4.50. The van der Waals surface area contributed by atoms with E-state index in [4.69, 9.17) is 4.52 Å². The fourth-order valence-electron chi connectivity index (χ4n) is 3.23. The highest BCUT2D eigenvalue weighted by molar-refractivity contribution is 5.94. The van der Waals surface area contributed by atoms with Gasteiger partial charge in [-0.3, -0.25) is 4.79 Å². The van der Waals surface area contributed by atoms with Gasteiger partial charge in [-0.2, -0.15) is 0 Å². The van der Waals surface area contributed by atoms with Crippen LogP contribution in [0.1, 0.15) is 33.4 Å². The van der Waals surface area contributed by atoms with E-state index in [1.807, 2.05) is 60.7 Å². The number of hydrogen-bond donors (Lipinski definition) is 2. The van der Waals surface area contributed by atoms with Gasteiger partial charge < -0.3 is 14.9 Å². The van der Waals surface area contributed by atoms with Crippen LogP contribution in [0.2, 0.25) is 0 Å². The summed E-state index contributed by atoms with van der Waals surface area (Å²) >= 11 is 0. The van der Waals surface area contributed by atoms with Gasteiger partial charge in [0.2, 0.25) is 5.76 Å². The Hall–Kier alpha value is -3.60. The molecule has 0 saturated heterocycles. The summed E-state index contributed by atoms with van der Waals surface area (Å²) in [5.74, 6) is -0.137. The van der Waals surface area contributed by atoms with Crippen LogP contribution >= 0.6 is 0 Å². The molecule has 4 aromatic rings. The maximum Gasteiger partial charge on any atom is 0.290 e. The summed E-state index contributed by atoms with van der Waals surface area (Å²) in [6.45, 7) is 1.76. The van der Waals surface area contributed by atoms with Crippen molar-refractivity contribution in [2.75, 3.05) is 0 Å². The number of hydrogen-bond acceptors (Lipinski definition) is 4. The topological polar surface area (TPSA) is 75.4 Å². The van der Waals surface area contributed by atoms with Gasteiger partial charge >= 0.3 is 0 Å². The number of nitrogens with one attached hydrogen (secondary N) is 1. The lowest BCUT2D eigenvalue weighted by molar-refractivity contribution is 0.0905. The largest absolute Gasteiger partial charge is 0.508 e. The standard InChI is InChI=1S/C22H18N2O3/c1-14-13-19(27-24-14)22(26)23-21(16-8-3-2-4-9-16)20-17-10-6-5-7-15(17)11-12-18(20)25/h2-13,21,25H,1H3,(H,23,26)/t21-/m0/s1. The van der Waals surface area contributed by atoms with E-state index in [1.165, 1.54) is 0 Å². The zero-order valence-electron chi connectivity index (χ0n) is 14.7. The van der Waals surface area contributed by atoms with Crippen LogP contribution in [0.15, 0.2) is 77.3 Å². The molecule has 0 spiro atoms. The predicted octanol–water partition coefficient (Wildman–Crippen LogP) is 4.36. The number of aromatic nitrogens is 1. The molecule has 3 aromatic carbocycles. The van der Waals surface area contributed by atoms with E-state index >= 15 is 0 Å². The number of benzene rings is 3. The lowest BCUT2D eigenvalue weighted by Gasteiger charge is -2.22. The minimum absolute atomic E-state index is 0.122. The minimum atomic E-state index is -0.546. The highest BCUT2D eigenvalue weighted by Gasteiger charge is 2.24. The van der Waals surface area contributed by atoms with E-state index in [1.54, 1.807) is 19.1 Å². The van der Waals surface area contributed by atoms with Gasteiger partial charge in [0.15, 0.2) is 0 Å². The monoisotopic (exact) mass is 358 g/mol. The second kappa shape index (κ2) is 6.96. The Labute approximate surface area is 156 Å².